The van der Waals surface area contributed by atoms with Crippen LogP contribution in [0.4, 0.5) is 0 Å². The fourth-order valence-corrected chi connectivity index (χ4v) is 4.66. The Hall–Kier alpha value is -3.68. The van der Waals surface area contributed by atoms with Crippen molar-refractivity contribution in [3.63, 3.8) is 0 Å². The number of nitrogens with zero attached hydrogens (tertiary/aromatic N) is 4. The molecule has 4 heterocycles. The molecule has 0 bridgehead atoms. The van der Waals surface area contributed by atoms with Crippen LogP contribution < -0.4 is 15.8 Å². The number of nitrogens with two attached hydrogens (primary N) is 1. The molecule has 1 aliphatic rings. The third-order valence-electron chi connectivity index (χ3n) is 6.02. The summed E-state index contributed by atoms with van der Waals surface area (Å²) < 4.78 is 5.57. The Labute approximate surface area is 186 Å². The van der Waals surface area contributed by atoms with E-state index in [9.17, 15) is 0 Å². The second kappa shape index (κ2) is 7.78. The number of hydrogen-bond acceptors (Lipinski definition) is 7. The average Bonchev–Trinajstić information content (AvgIpc) is 3.13. The van der Waals surface area contributed by atoms with Gasteiger partial charge in [0.1, 0.15) is 23.8 Å². The topological polar surface area (TPSA) is 98.8 Å². The third kappa shape index (κ3) is 3.05. The van der Waals surface area contributed by atoms with Crippen LogP contribution in [0.1, 0.15) is 39.9 Å². The summed E-state index contributed by atoms with van der Waals surface area (Å²) in [5, 5.41) is 3.62. The standard InChI is InChI=1S/C25H24N6O/c1-15-10-21(30-16(2)23(15)32-3)25(20-8-5-9-29-22(20)24(26)31-25)19-7-4-6-17(11-19)18-12-27-14-28-13-18/h4-14,24,31H,26H2,1-3H3. The van der Waals surface area contributed by atoms with E-state index in [1.807, 2.05) is 44.4 Å². The van der Waals surface area contributed by atoms with Crippen molar-refractivity contribution in [3.05, 3.63) is 101 Å². The van der Waals surface area contributed by atoms with Gasteiger partial charge in [-0.15, -0.1) is 0 Å². The summed E-state index contributed by atoms with van der Waals surface area (Å²) in [7, 11) is 1.67. The summed E-state index contributed by atoms with van der Waals surface area (Å²) in [5.74, 6) is 0.785. The molecular weight excluding hydrogens is 400 g/mol. The van der Waals surface area contributed by atoms with Gasteiger partial charge in [-0.2, -0.15) is 0 Å². The number of methoxy groups -OCH3 is 1. The lowest BCUT2D eigenvalue weighted by atomic mass is 9.80. The van der Waals surface area contributed by atoms with Gasteiger partial charge in [0.15, 0.2) is 0 Å². The van der Waals surface area contributed by atoms with Crippen LogP contribution >= 0.6 is 0 Å². The molecule has 7 nitrogen and oxygen atoms in total. The molecule has 32 heavy (non-hydrogen) atoms. The van der Waals surface area contributed by atoms with Crippen molar-refractivity contribution < 1.29 is 4.74 Å². The molecule has 1 aliphatic heterocycles. The highest BCUT2D eigenvalue weighted by Crippen LogP contribution is 2.45. The van der Waals surface area contributed by atoms with Crippen LogP contribution in [0, 0.1) is 13.8 Å². The van der Waals surface area contributed by atoms with Gasteiger partial charge in [0, 0.05) is 29.7 Å². The first kappa shape index (κ1) is 20.2. The Morgan fingerprint density at radius 1 is 1.03 bits per heavy atom. The molecular formula is C25H24N6O. The van der Waals surface area contributed by atoms with Crippen molar-refractivity contribution in [3.8, 4) is 16.9 Å². The Morgan fingerprint density at radius 2 is 1.84 bits per heavy atom. The van der Waals surface area contributed by atoms with Crippen LogP contribution in [-0.2, 0) is 5.54 Å². The molecule has 3 N–H and O–H groups in total. The number of pyridine rings is 2. The van der Waals surface area contributed by atoms with Crippen molar-refractivity contribution in [2.24, 2.45) is 5.73 Å². The van der Waals surface area contributed by atoms with Crippen molar-refractivity contribution >= 4 is 0 Å². The highest BCUT2D eigenvalue weighted by Gasteiger charge is 2.47. The zero-order valence-corrected chi connectivity index (χ0v) is 18.2. The van der Waals surface area contributed by atoms with Gasteiger partial charge in [-0.25, -0.2) is 9.97 Å². The van der Waals surface area contributed by atoms with Crippen LogP contribution in [0.3, 0.4) is 0 Å². The Bertz CT molecular complexity index is 1270. The molecule has 0 fully saturated rings. The fraction of sp³-hybridized carbons (Fsp3) is 0.200. The normalized spacial score (nSPS) is 19.6. The molecule has 0 amide bonds. The van der Waals surface area contributed by atoms with E-state index in [1.165, 1.54) is 6.33 Å². The SMILES string of the molecule is COc1c(C)cc(C2(c3cccc(-c4cncnc4)c3)NC(N)c3ncccc32)nc1C. The van der Waals surface area contributed by atoms with E-state index in [1.54, 1.807) is 13.3 Å². The maximum atomic E-state index is 6.53. The summed E-state index contributed by atoms with van der Waals surface area (Å²) in [6.45, 7) is 3.99. The largest absolute Gasteiger partial charge is 0.495 e. The molecule has 1 aromatic carbocycles. The average molecular weight is 425 g/mol. The highest BCUT2D eigenvalue weighted by atomic mass is 16.5. The zero-order valence-electron chi connectivity index (χ0n) is 18.2. The molecule has 7 heteroatoms. The minimum Gasteiger partial charge on any atom is -0.495 e. The van der Waals surface area contributed by atoms with Crippen molar-refractivity contribution in [1.29, 1.82) is 0 Å². The van der Waals surface area contributed by atoms with E-state index in [0.29, 0.717) is 0 Å². The predicted molar refractivity (Wildman–Crippen MR) is 122 cm³/mol. The smallest absolute Gasteiger partial charge is 0.142 e. The van der Waals surface area contributed by atoms with Crippen LogP contribution in [0.15, 0.2) is 67.4 Å². The van der Waals surface area contributed by atoms with Crippen LogP contribution in [-0.4, -0.2) is 27.0 Å². The number of nitrogens with one attached hydrogen (secondary N) is 1. The van der Waals surface area contributed by atoms with Gasteiger partial charge in [0.25, 0.3) is 0 Å². The van der Waals surface area contributed by atoms with E-state index in [2.05, 4.69) is 44.5 Å². The van der Waals surface area contributed by atoms with E-state index < -0.39 is 11.7 Å². The predicted octanol–water partition coefficient (Wildman–Crippen LogP) is 3.41. The monoisotopic (exact) mass is 424 g/mol. The maximum Gasteiger partial charge on any atom is 0.142 e. The quantitative estimate of drug-likeness (QED) is 0.518. The number of rotatable bonds is 4. The second-order valence-corrected chi connectivity index (χ2v) is 7.96. The van der Waals surface area contributed by atoms with Crippen LogP contribution in [0.25, 0.3) is 11.1 Å². The summed E-state index contributed by atoms with van der Waals surface area (Å²) >= 11 is 0. The first-order chi connectivity index (χ1) is 15.5. The van der Waals surface area contributed by atoms with E-state index in [-0.39, 0.29) is 0 Å². The maximum absolute atomic E-state index is 6.53. The van der Waals surface area contributed by atoms with E-state index in [4.69, 9.17) is 15.5 Å². The number of benzene rings is 1. The van der Waals surface area contributed by atoms with Gasteiger partial charge in [0.2, 0.25) is 0 Å². The van der Waals surface area contributed by atoms with Crippen LogP contribution in [0.5, 0.6) is 5.75 Å². The Balaban J connectivity index is 1.79. The third-order valence-corrected chi connectivity index (χ3v) is 6.02. The minimum atomic E-state index is -0.767. The first-order valence-electron chi connectivity index (χ1n) is 10.4. The molecule has 2 atom stereocenters. The zero-order chi connectivity index (χ0) is 22.3. The molecule has 0 saturated carbocycles. The lowest BCUT2D eigenvalue weighted by Gasteiger charge is -2.32. The molecule has 5 rings (SSSR count). The Morgan fingerprint density at radius 3 is 2.59 bits per heavy atom. The van der Waals surface area contributed by atoms with Gasteiger partial charge in [-0.3, -0.25) is 15.3 Å². The number of hydrogen-bond donors (Lipinski definition) is 2. The number of aryl methyl sites for hydroxylation is 2. The first-order valence-corrected chi connectivity index (χ1v) is 10.4. The van der Waals surface area contributed by atoms with Crippen molar-refractivity contribution in [1.82, 2.24) is 25.3 Å². The second-order valence-electron chi connectivity index (χ2n) is 7.96. The van der Waals surface area contributed by atoms with Crippen LogP contribution in [0.2, 0.25) is 0 Å². The van der Waals surface area contributed by atoms with Gasteiger partial charge in [0.05, 0.1) is 24.2 Å². The fourth-order valence-electron chi connectivity index (χ4n) is 4.66. The number of fused-ring (bicyclic) bond motifs is 1. The highest BCUT2D eigenvalue weighted by molar-refractivity contribution is 5.65. The molecule has 0 radical (unpaired) electrons. The molecule has 0 saturated heterocycles. The number of ether oxygens (including phenoxy) is 1. The Kier molecular flexibility index (Phi) is 4.92. The molecule has 3 aromatic heterocycles. The van der Waals surface area contributed by atoms with Gasteiger partial charge < -0.3 is 10.5 Å². The molecule has 160 valence electrons. The minimum absolute atomic E-state index is 0.431. The van der Waals surface area contributed by atoms with E-state index >= 15 is 0 Å². The molecule has 0 spiro atoms. The van der Waals surface area contributed by atoms with E-state index in [0.717, 1.165) is 50.6 Å². The molecule has 0 aliphatic carbocycles. The lowest BCUT2D eigenvalue weighted by Crippen LogP contribution is -2.43. The summed E-state index contributed by atoms with van der Waals surface area (Å²) in [6.07, 6.45) is 6.48. The molecule has 4 aromatic rings. The lowest BCUT2D eigenvalue weighted by molar-refractivity contribution is 0.401. The molecule has 2 unspecified atom stereocenters. The van der Waals surface area contributed by atoms with Gasteiger partial charge in [-0.1, -0.05) is 24.3 Å². The summed E-state index contributed by atoms with van der Waals surface area (Å²) in [5.41, 5.74) is 13.2. The number of aromatic nitrogens is 4. The van der Waals surface area contributed by atoms with Crippen molar-refractivity contribution in [2.75, 3.05) is 7.11 Å². The van der Waals surface area contributed by atoms with Crippen molar-refractivity contribution in [2.45, 2.75) is 25.6 Å². The van der Waals surface area contributed by atoms with Gasteiger partial charge in [-0.05, 0) is 48.7 Å². The van der Waals surface area contributed by atoms with Gasteiger partial charge >= 0.3 is 0 Å². The summed E-state index contributed by atoms with van der Waals surface area (Å²) in [6, 6.07) is 14.4. The summed E-state index contributed by atoms with van der Waals surface area (Å²) in [4.78, 5) is 17.9.